The largest absolute Gasteiger partial charge is 0.512 e. The van der Waals surface area contributed by atoms with E-state index < -0.39 is 0 Å². The first-order valence-corrected chi connectivity index (χ1v) is 14.9. The molecule has 2 aromatic carbocycles. The van der Waals surface area contributed by atoms with Crippen LogP contribution in [0.5, 0.6) is 0 Å². The van der Waals surface area contributed by atoms with E-state index in [0.29, 0.717) is 11.1 Å². The molecular weight excluding hydrogens is 718 g/mol. The molecule has 1 N–H and O–H groups in total. The maximum atomic E-state index is 14.5. The van der Waals surface area contributed by atoms with Crippen molar-refractivity contribution >= 4 is 27.5 Å². The summed E-state index contributed by atoms with van der Waals surface area (Å²) < 4.78 is 14.5. The fourth-order valence-corrected chi connectivity index (χ4v) is 5.12. The minimum atomic E-state index is -0.337. The van der Waals surface area contributed by atoms with Gasteiger partial charge in [0.2, 0.25) is 0 Å². The number of carbonyl (C=O) groups is 1. The molecule has 0 spiro atoms. The van der Waals surface area contributed by atoms with Gasteiger partial charge < -0.3 is 10.1 Å². The Bertz CT molecular complexity index is 1640. The van der Waals surface area contributed by atoms with E-state index in [-0.39, 0.29) is 48.3 Å². The van der Waals surface area contributed by atoms with E-state index in [2.05, 4.69) is 21.0 Å². The molecular formula is C36H45FIrN3O2-. The van der Waals surface area contributed by atoms with Crippen molar-refractivity contribution < 1.29 is 34.4 Å². The monoisotopic (exact) mass is 763 g/mol. The topological polar surface area (TPSA) is 76.0 Å². The van der Waals surface area contributed by atoms with E-state index in [9.17, 15) is 14.3 Å². The Morgan fingerprint density at radius 3 is 2.14 bits per heavy atom. The number of halogens is 1. The summed E-state index contributed by atoms with van der Waals surface area (Å²) in [5.74, 6) is 0.105. The zero-order valence-electron chi connectivity index (χ0n) is 27.2. The van der Waals surface area contributed by atoms with Gasteiger partial charge in [0.05, 0.1) is 5.52 Å². The number of allylic oxidation sites excluding steroid dienone is 2. The number of aliphatic hydroxyl groups is 1. The number of aromatic nitrogens is 3. The zero-order chi connectivity index (χ0) is 31.4. The molecule has 0 aliphatic carbocycles. The summed E-state index contributed by atoms with van der Waals surface area (Å²) >= 11 is 0. The van der Waals surface area contributed by atoms with Gasteiger partial charge in [-0.05, 0) is 78.9 Å². The maximum absolute atomic E-state index is 14.5. The number of hydrogen-bond donors (Lipinski definition) is 1. The van der Waals surface area contributed by atoms with Gasteiger partial charge in [0.1, 0.15) is 17.9 Å². The van der Waals surface area contributed by atoms with Gasteiger partial charge in [-0.3, -0.25) is 9.78 Å². The van der Waals surface area contributed by atoms with Gasteiger partial charge >= 0.3 is 0 Å². The zero-order valence-corrected chi connectivity index (χ0v) is 29.6. The summed E-state index contributed by atoms with van der Waals surface area (Å²) in [6, 6.07) is 11.0. The molecule has 4 aromatic rings. The van der Waals surface area contributed by atoms with Crippen LogP contribution in [0.4, 0.5) is 4.39 Å². The summed E-state index contributed by atoms with van der Waals surface area (Å²) in [7, 11) is 0. The number of rotatable bonds is 8. The van der Waals surface area contributed by atoms with E-state index in [4.69, 9.17) is 0 Å². The smallest absolute Gasteiger partial charge is 0.164 e. The van der Waals surface area contributed by atoms with Crippen molar-refractivity contribution in [2.75, 3.05) is 0 Å². The van der Waals surface area contributed by atoms with Crippen molar-refractivity contribution in [2.24, 2.45) is 10.8 Å². The van der Waals surface area contributed by atoms with Crippen LogP contribution in [-0.4, -0.2) is 25.8 Å². The predicted octanol–water partition coefficient (Wildman–Crippen LogP) is 9.67. The van der Waals surface area contributed by atoms with E-state index in [1.165, 1.54) is 12.4 Å². The minimum absolute atomic E-state index is 0. The van der Waals surface area contributed by atoms with E-state index in [1.807, 2.05) is 79.7 Å². The van der Waals surface area contributed by atoms with Gasteiger partial charge in [-0.25, -0.2) is 9.37 Å². The summed E-state index contributed by atoms with van der Waals surface area (Å²) in [6.45, 7) is 19.6. The van der Waals surface area contributed by atoms with Crippen molar-refractivity contribution in [2.45, 2.75) is 94.9 Å². The van der Waals surface area contributed by atoms with Crippen LogP contribution in [0.15, 0.2) is 42.4 Å². The fourth-order valence-electron chi connectivity index (χ4n) is 5.12. The van der Waals surface area contributed by atoms with Crippen molar-refractivity contribution in [3.05, 3.63) is 76.8 Å². The second-order valence-corrected chi connectivity index (χ2v) is 11.8. The number of fused-ring (bicyclic) bond motifs is 3. The summed E-state index contributed by atoms with van der Waals surface area (Å²) in [5.41, 5.74) is 4.82. The van der Waals surface area contributed by atoms with Crippen LogP contribution in [0.2, 0.25) is 0 Å². The van der Waals surface area contributed by atoms with E-state index >= 15 is 0 Å². The molecule has 0 saturated carbocycles. The van der Waals surface area contributed by atoms with E-state index in [1.54, 1.807) is 13.8 Å². The number of benzene rings is 2. The number of aryl methyl sites for hydroxylation is 4. The Morgan fingerprint density at radius 2 is 1.58 bits per heavy atom. The molecule has 0 amide bonds. The molecule has 2 aromatic heterocycles. The predicted molar refractivity (Wildman–Crippen MR) is 171 cm³/mol. The van der Waals surface area contributed by atoms with Crippen LogP contribution < -0.4 is 0 Å². The molecule has 5 nitrogen and oxygen atoms in total. The molecule has 43 heavy (non-hydrogen) atoms. The number of nitrogens with zero attached hydrogens (tertiary/aromatic N) is 3. The van der Waals surface area contributed by atoms with Crippen LogP contribution in [0, 0.1) is 50.4 Å². The van der Waals surface area contributed by atoms with Gasteiger partial charge in [0.15, 0.2) is 5.78 Å². The van der Waals surface area contributed by atoms with Gasteiger partial charge in [-0.2, -0.15) is 0 Å². The second kappa shape index (κ2) is 14.6. The molecule has 0 bridgehead atoms. The molecule has 0 aliphatic rings. The van der Waals surface area contributed by atoms with Crippen LogP contribution in [0.1, 0.15) is 89.7 Å². The first-order chi connectivity index (χ1) is 19.8. The Labute approximate surface area is 269 Å². The van der Waals surface area contributed by atoms with Crippen LogP contribution in [-0.2, 0) is 24.9 Å². The van der Waals surface area contributed by atoms with Crippen molar-refractivity contribution in [3.63, 3.8) is 0 Å². The van der Waals surface area contributed by atoms with Gasteiger partial charge in [-0.1, -0.05) is 67.5 Å². The third-order valence-electron chi connectivity index (χ3n) is 9.23. The number of carbonyl (C=O) groups excluding carboxylic acids is 1. The fraction of sp³-hybridized carbons (Fsp3) is 0.444. The average Bonchev–Trinajstić information content (AvgIpc) is 2.98. The number of aliphatic hydroxyl groups excluding tert-OH is 1. The van der Waals surface area contributed by atoms with Crippen molar-refractivity contribution in [1.29, 1.82) is 0 Å². The Hall–Kier alpha value is -3.02. The number of ketones is 1. The molecule has 4 rings (SSSR count). The molecule has 7 heteroatoms. The van der Waals surface area contributed by atoms with Gasteiger partial charge in [-0.15, -0.1) is 17.7 Å². The SMILES string of the molecule is CCC(C)(CC)C(=O)/C=C(\O)C(C)(CC)CC.Cc1c[c-]c(-c2ncnc3c2ccc2cc(C)c(F)c(C)c23)c(C)n1.[Ir]. The maximum Gasteiger partial charge on any atom is 0.164 e. The first kappa shape index (κ1) is 36.2. The Balaban J connectivity index is 0.000000318. The van der Waals surface area contributed by atoms with Crippen LogP contribution in [0.3, 0.4) is 0 Å². The summed E-state index contributed by atoms with van der Waals surface area (Å²) in [5, 5.41) is 12.8. The quantitative estimate of drug-likeness (QED) is 0.0838. The molecule has 0 saturated heterocycles. The van der Waals surface area contributed by atoms with Gasteiger partial charge in [0.25, 0.3) is 0 Å². The number of pyridine rings is 1. The second-order valence-electron chi connectivity index (χ2n) is 11.8. The third-order valence-corrected chi connectivity index (χ3v) is 9.23. The molecule has 1 radical (unpaired) electrons. The summed E-state index contributed by atoms with van der Waals surface area (Å²) in [6.07, 6.45) is 6.28. The first-order valence-electron chi connectivity index (χ1n) is 14.9. The van der Waals surface area contributed by atoms with Crippen molar-refractivity contribution in [3.8, 4) is 11.3 Å². The number of hydrogen-bond acceptors (Lipinski definition) is 5. The third kappa shape index (κ3) is 7.38. The average molecular weight is 763 g/mol. The van der Waals surface area contributed by atoms with Crippen LogP contribution >= 0.6 is 0 Å². The molecule has 233 valence electrons. The molecule has 0 atom stereocenters. The van der Waals surface area contributed by atoms with Gasteiger partial charge in [0, 0.05) is 48.1 Å². The Morgan fingerprint density at radius 1 is 0.977 bits per heavy atom. The molecule has 0 aliphatic heterocycles. The van der Waals surface area contributed by atoms with Crippen LogP contribution in [0.25, 0.3) is 32.9 Å². The molecule has 2 heterocycles. The summed E-state index contributed by atoms with van der Waals surface area (Å²) in [4.78, 5) is 25.6. The van der Waals surface area contributed by atoms with Crippen molar-refractivity contribution in [1.82, 2.24) is 15.0 Å². The minimum Gasteiger partial charge on any atom is -0.512 e. The normalized spacial score (nSPS) is 12.1. The van der Waals surface area contributed by atoms with E-state index in [0.717, 1.165) is 70.0 Å². The standard InChI is InChI=1S/C21H17FN3.C15H28O2.Ir/c1-11-9-15-6-8-17-20(16-7-5-12(2)25-14(16)4)23-10-24-21(17)18(15)13(3)19(11)22;1-7-14(5,8-2)12(16)11-13(17)15(6,9-3)10-4;/h5-6,8-10H,1-4H3;11,16H,7-10H2,1-6H3;/q-1;;/b;12-11-;. The Kier molecular flexibility index (Phi) is 12.3. The molecule has 0 unspecified atom stereocenters. The molecule has 0 fully saturated rings.